The van der Waals surface area contributed by atoms with Crippen molar-refractivity contribution in [1.29, 1.82) is 0 Å². The van der Waals surface area contributed by atoms with Gasteiger partial charge in [-0.25, -0.2) is 13.7 Å². The van der Waals surface area contributed by atoms with Gasteiger partial charge in [-0.3, -0.25) is 0 Å². The molecule has 102 valence electrons. The van der Waals surface area contributed by atoms with E-state index in [1.54, 1.807) is 6.92 Å². The third-order valence-corrected chi connectivity index (χ3v) is 5.85. The molecule has 0 atom stereocenters. The van der Waals surface area contributed by atoms with Gasteiger partial charge in [-0.1, -0.05) is 27.6 Å². The maximum absolute atomic E-state index is 11.9. The molecule has 0 aliphatic carbocycles. The number of sulfone groups is 1. The van der Waals surface area contributed by atoms with Gasteiger partial charge >= 0.3 is 0 Å². The van der Waals surface area contributed by atoms with E-state index in [0.717, 1.165) is 0 Å². The first-order chi connectivity index (χ1) is 8.42. The van der Waals surface area contributed by atoms with Gasteiger partial charge in [0.25, 0.3) is 0 Å². The highest BCUT2D eigenvalue weighted by atomic mass is 127. The molecule has 0 fully saturated rings. The molecule has 0 aliphatic heterocycles. The zero-order chi connectivity index (χ0) is 13.8. The number of rotatable bonds is 6. The highest BCUT2D eigenvalue weighted by Crippen LogP contribution is 2.33. The molecular formula is C9H11IO6S2. The van der Waals surface area contributed by atoms with E-state index in [1.165, 1.54) is 12.1 Å². The third-order valence-electron chi connectivity index (χ3n) is 2.09. The number of phenolic OH excluding ortho intramolecular Hbond substituents is 1. The smallest absolute Gasteiger partial charge is 0.179 e. The van der Waals surface area contributed by atoms with Gasteiger partial charge in [0.05, 0.1) is 27.6 Å². The van der Waals surface area contributed by atoms with Gasteiger partial charge in [-0.2, -0.15) is 0 Å². The number of aryl methyl sites for hydroxylation is 1. The van der Waals surface area contributed by atoms with Crippen LogP contribution < -0.4 is 0 Å². The normalized spacial score (nSPS) is 11.7. The van der Waals surface area contributed by atoms with Crippen molar-refractivity contribution in [3.8, 4) is 5.75 Å². The molecule has 1 rings (SSSR count). The molecule has 0 saturated carbocycles. The molecule has 0 aliphatic rings. The van der Waals surface area contributed by atoms with Gasteiger partial charge in [-0.15, -0.1) is 4.33 Å². The molecule has 0 bridgehead atoms. The summed E-state index contributed by atoms with van der Waals surface area (Å²) in [6.45, 7) is 1.61. The Hall–Kier alpha value is -0.0700. The average molecular weight is 406 g/mol. The largest absolute Gasteiger partial charge is 0.507 e. The fourth-order valence-corrected chi connectivity index (χ4v) is 4.79. The van der Waals surface area contributed by atoms with E-state index >= 15 is 0 Å². The maximum atomic E-state index is 11.9. The van der Waals surface area contributed by atoms with Gasteiger partial charge in [0, 0.05) is 10.5 Å². The quantitative estimate of drug-likeness (QED) is 0.246. The highest BCUT2D eigenvalue weighted by molar-refractivity contribution is 14.1. The molecule has 6 nitrogen and oxygen atoms in total. The predicted molar refractivity (Wildman–Crippen MR) is 74.4 cm³/mol. The lowest BCUT2D eigenvalue weighted by Crippen LogP contribution is -2.09. The molecule has 0 spiro atoms. The minimum Gasteiger partial charge on any atom is -0.507 e. The Kier molecular flexibility index (Phi) is 6.14. The predicted octanol–water partition coefficient (Wildman–Crippen LogP) is 2.34. The van der Waals surface area contributed by atoms with Gasteiger partial charge in [0.1, 0.15) is 5.75 Å². The van der Waals surface area contributed by atoms with E-state index in [9.17, 15) is 13.5 Å². The van der Waals surface area contributed by atoms with E-state index in [0.29, 0.717) is 22.0 Å². The number of alkyl halides is 1. The molecule has 0 heterocycles. The van der Waals surface area contributed by atoms with Crippen LogP contribution in [0, 0.1) is 6.92 Å². The van der Waals surface area contributed by atoms with Crippen LogP contribution in [0.25, 0.3) is 0 Å². The van der Waals surface area contributed by atoms with Gasteiger partial charge in [-0.05, 0) is 18.6 Å². The fourth-order valence-electron chi connectivity index (χ4n) is 1.32. The standard InChI is InChI=1S/C9H11IO6S2/c1-6-4-8(17-16-15-12)7(11)5-9(6)18(13,14)3-2-10/h4-5,11-12H,2-3H2,1H3. The Balaban J connectivity index is 3.15. The van der Waals surface area contributed by atoms with Crippen molar-refractivity contribution in [2.24, 2.45) is 0 Å². The molecule has 1 aromatic rings. The second-order valence-electron chi connectivity index (χ2n) is 3.32. The van der Waals surface area contributed by atoms with Gasteiger partial charge in [0.15, 0.2) is 9.84 Å². The number of hydrogen-bond acceptors (Lipinski definition) is 7. The summed E-state index contributed by atoms with van der Waals surface area (Å²) in [5.74, 6) is -0.244. The number of phenols is 1. The first-order valence-corrected chi connectivity index (χ1v) is 8.61. The summed E-state index contributed by atoms with van der Waals surface area (Å²) < 4.78 is 28.5. The van der Waals surface area contributed by atoms with Crippen LogP contribution in [0.1, 0.15) is 5.56 Å². The lowest BCUT2D eigenvalue weighted by molar-refractivity contribution is -0.432. The molecule has 0 aromatic heterocycles. The lowest BCUT2D eigenvalue weighted by atomic mass is 10.2. The number of hydrogen-bond donors (Lipinski definition) is 2. The van der Waals surface area contributed by atoms with Crippen LogP contribution in [0.4, 0.5) is 0 Å². The minimum absolute atomic E-state index is 0.0105. The lowest BCUT2D eigenvalue weighted by Gasteiger charge is -2.09. The number of halogens is 1. The molecule has 0 unspecified atom stereocenters. The Morgan fingerprint density at radius 1 is 1.44 bits per heavy atom. The molecule has 1 aromatic carbocycles. The summed E-state index contributed by atoms with van der Waals surface area (Å²) in [4.78, 5) is 0.334. The summed E-state index contributed by atoms with van der Waals surface area (Å²) in [6, 6.07) is 2.61. The second-order valence-corrected chi connectivity index (χ2v) is 7.22. The van der Waals surface area contributed by atoms with Crippen LogP contribution in [-0.4, -0.2) is 29.0 Å². The van der Waals surface area contributed by atoms with Crippen molar-refractivity contribution >= 4 is 44.5 Å². The van der Waals surface area contributed by atoms with Crippen molar-refractivity contribution in [1.82, 2.24) is 0 Å². The third kappa shape index (κ3) is 3.96. The summed E-state index contributed by atoms with van der Waals surface area (Å²) in [5.41, 5.74) is 0.488. The summed E-state index contributed by atoms with van der Waals surface area (Å²) >= 11 is 2.55. The molecule has 18 heavy (non-hydrogen) atoms. The molecule has 2 N–H and O–H groups in total. The molecule has 9 heteroatoms. The van der Waals surface area contributed by atoms with Gasteiger partial charge in [0.2, 0.25) is 0 Å². The van der Waals surface area contributed by atoms with Crippen molar-refractivity contribution < 1.29 is 28.2 Å². The Labute approximate surface area is 122 Å². The Bertz CT molecular complexity index is 516. The summed E-state index contributed by atoms with van der Waals surface area (Å²) in [6.07, 6.45) is 0. The van der Waals surface area contributed by atoms with E-state index in [-0.39, 0.29) is 21.3 Å². The zero-order valence-corrected chi connectivity index (χ0v) is 13.1. The topological polar surface area (TPSA) is 93.1 Å². The monoisotopic (exact) mass is 406 g/mol. The van der Waals surface area contributed by atoms with Crippen LogP contribution in [0.15, 0.2) is 21.9 Å². The van der Waals surface area contributed by atoms with E-state index in [4.69, 9.17) is 5.26 Å². The minimum atomic E-state index is -3.40. The van der Waals surface area contributed by atoms with E-state index in [2.05, 4.69) is 9.37 Å². The molecular weight excluding hydrogens is 395 g/mol. The fraction of sp³-hybridized carbons (Fsp3) is 0.333. The van der Waals surface area contributed by atoms with Crippen molar-refractivity contribution in [3.05, 3.63) is 17.7 Å². The van der Waals surface area contributed by atoms with Crippen LogP contribution in [0.5, 0.6) is 5.75 Å². The first-order valence-electron chi connectivity index (χ1n) is 4.69. The van der Waals surface area contributed by atoms with Crippen molar-refractivity contribution in [3.63, 3.8) is 0 Å². The molecule has 0 radical (unpaired) electrons. The van der Waals surface area contributed by atoms with Crippen molar-refractivity contribution in [2.45, 2.75) is 16.7 Å². The maximum Gasteiger partial charge on any atom is 0.179 e. The van der Waals surface area contributed by atoms with Crippen LogP contribution in [0.3, 0.4) is 0 Å². The SMILES string of the molecule is Cc1cc(SOOO)c(O)cc1S(=O)(=O)CCI. The van der Waals surface area contributed by atoms with Crippen LogP contribution in [-0.2, 0) is 19.2 Å². The molecule has 0 saturated heterocycles. The molecule has 0 amide bonds. The van der Waals surface area contributed by atoms with Crippen LogP contribution in [0.2, 0.25) is 0 Å². The Morgan fingerprint density at radius 3 is 2.67 bits per heavy atom. The number of benzene rings is 1. The van der Waals surface area contributed by atoms with E-state index in [1.807, 2.05) is 22.6 Å². The zero-order valence-electron chi connectivity index (χ0n) is 9.29. The second kappa shape index (κ2) is 6.91. The Morgan fingerprint density at radius 2 is 2.11 bits per heavy atom. The first kappa shape index (κ1) is 16.0. The number of aromatic hydroxyl groups is 1. The summed E-state index contributed by atoms with van der Waals surface area (Å²) in [7, 11) is -3.40. The van der Waals surface area contributed by atoms with Crippen LogP contribution >= 0.6 is 34.6 Å². The average Bonchev–Trinajstić information content (AvgIpc) is 2.29. The highest BCUT2D eigenvalue weighted by Gasteiger charge is 2.19. The van der Waals surface area contributed by atoms with Gasteiger partial charge < -0.3 is 5.11 Å². The van der Waals surface area contributed by atoms with E-state index < -0.39 is 9.84 Å². The summed E-state index contributed by atoms with van der Waals surface area (Å²) in [5, 5.41) is 21.1. The van der Waals surface area contributed by atoms with Crippen molar-refractivity contribution in [2.75, 3.05) is 10.2 Å².